The van der Waals surface area contributed by atoms with E-state index in [-0.39, 0.29) is 30.5 Å². The van der Waals surface area contributed by atoms with Gasteiger partial charge in [0, 0.05) is 29.8 Å². The number of aromatic amines is 1. The van der Waals surface area contributed by atoms with Gasteiger partial charge in [-0.05, 0) is 61.0 Å². The minimum absolute atomic E-state index is 0.107. The zero-order valence-electron chi connectivity index (χ0n) is 29.3. The van der Waals surface area contributed by atoms with Crippen LogP contribution in [0.1, 0.15) is 41.6 Å². The van der Waals surface area contributed by atoms with Crippen molar-refractivity contribution in [1.29, 1.82) is 0 Å². The number of nitrogens with zero attached hydrogens (tertiary/aromatic N) is 5. The summed E-state index contributed by atoms with van der Waals surface area (Å²) in [7, 11) is -3.35. The molecule has 6 aromatic rings. The van der Waals surface area contributed by atoms with Gasteiger partial charge in [0.05, 0.1) is 53.1 Å². The molecule has 1 spiro atoms. The predicted molar refractivity (Wildman–Crippen MR) is 200 cm³/mol. The van der Waals surface area contributed by atoms with Gasteiger partial charge in [-0.2, -0.15) is 0 Å². The summed E-state index contributed by atoms with van der Waals surface area (Å²) in [6.45, 7) is 5.96. The largest absolute Gasteiger partial charge is 0.395 e. The molecule has 52 heavy (non-hydrogen) atoms. The van der Waals surface area contributed by atoms with Crippen LogP contribution in [-0.2, 0) is 28.2 Å². The Morgan fingerprint density at radius 1 is 0.962 bits per heavy atom. The van der Waals surface area contributed by atoms with Gasteiger partial charge < -0.3 is 18.9 Å². The number of para-hydroxylation sites is 2. The first kappa shape index (κ1) is 33.9. The average Bonchev–Trinajstić information content (AvgIpc) is 3.89. The van der Waals surface area contributed by atoms with Gasteiger partial charge in [0.1, 0.15) is 0 Å². The third kappa shape index (κ3) is 5.62. The highest BCUT2D eigenvalue weighted by atomic mass is 28.4. The first-order valence-electron chi connectivity index (χ1n) is 17.7. The summed E-state index contributed by atoms with van der Waals surface area (Å²) in [5.41, 5.74) is 3.53. The molecule has 10 nitrogen and oxygen atoms in total. The number of aliphatic hydroxyl groups excluding tert-OH is 1. The maximum absolute atomic E-state index is 16.4. The zero-order chi connectivity index (χ0) is 36.2. The van der Waals surface area contributed by atoms with Gasteiger partial charge in [-0.15, -0.1) is 5.10 Å². The normalized spacial score (nSPS) is 22.1. The SMILES string of the molecule is C[C@@H]1[C@@H]([Si](C)(C)F)[C@H](CCn2cc(C(CO)c3ccccc3)nn2)O[C@@]12C(=O)N(Cc1ccc(-n3[nH]c4ccccc4c3=O)cc1)c1ccccc12. The smallest absolute Gasteiger partial charge is 0.279 e. The molecular weight excluding hydrogens is 676 g/mol. The molecule has 0 bridgehead atoms. The van der Waals surface area contributed by atoms with E-state index in [2.05, 4.69) is 15.4 Å². The van der Waals surface area contributed by atoms with Crippen LogP contribution in [0.3, 0.4) is 0 Å². The molecule has 1 saturated heterocycles. The lowest BCUT2D eigenvalue weighted by atomic mass is 9.82. The fraction of sp³-hybridized carbons (Fsp3) is 0.300. The molecular formula is C40H41FN6O4Si. The Morgan fingerprint density at radius 2 is 1.67 bits per heavy atom. The summed E-state index contributed by atoms with van der Waals surface area (Å²) in [5, 5.41) is 22.6. The Labute approximate surface area is 301 Å². The maximum Gasteiger partial charge on any atom is 0.279 e. The van der Waals surface area contributed by atoms with E-state index in [0.29, 0.717) is 29.7 Å². The number of fused-ring (bicyclic) bond motifs is 3. The molecule has 2 aliphatic heterocycles. The van der Waals surface area contributed by atoms with E-state index in [1.54, 1.807) is 28.7 Å². The monoisotopic (exact) mass is 716 g/mol. The lowest BCUT2D eigenvalue weighted by Gasteiger charge is -2.31. The first-order valence-corrected chi connectivity index (χ1v) is 20.7. The number of carbonyl (C=O) groups excluding carboxylic acids is 1. The topological polar surface area (TPSA) is 118 Å². The van der Waals surface area contributed by atoms with E-state index in [9.17, 15) is 14.7 Å². The second kappa shape index (κ2) is 13.1. The number of amides is 1. The van der Waals surface area contributed by atoms with E-state index in [1.165, 1.54) is 4.68 Å². The van der Waals surface area contributed by atoms with Crippen LogP contribution in [0.25, 0.3) is 16.6 Å². The highest BCUT2D eigenvalue weighted by molar-refractivity contribution is 6.72. The van der Waals surface area contributed by atoms with Crippen LogP contribution in [0.15, 0.2) is 114 Å². The molecule has 4 heterocycles. The van der Waals surface area contributed by atoms with Crippen LogP contribution in [0, 0.1) is 5.92 Å². The van der Waals surface area contributed by atoms with Crippen LogP contribution in [0.4, 0.5) is 9.80 Å². The molecule has 8 rings (SSSR count). The molecule has 2 N–H and O–H groups in total. The summed E-state index contributed by atoms with van der Waals surface area (Å²) in [4.78, 5) is 29.5. The summed E-state index contributed by atoms with van der Waals surface area (Å²) < 4.78 is 26.5. The first-order chi connectivity index (χ1) is 25.1. The van der Waals surface area contributed by atoms with E-state index in [1.807, 2.05) is 110 Å². The van der Waals surface area contributed by atoms with Gasteiger partial charge >= 0.3 is 0 Å². The number of aryl methyl sites for hydroxylation is 1. The highest BCUT2D eigenvalue weighted by Crippen LogP contribution is 2.60. The van der Waals surface area contributed by atoms with Crippen molar-refractivity contribution in [1.82, 2.24) is 24.8 Å². The number of rotatable bonds is 10. The van der Waals surface area contributed by atoms with Crippen molar-refractivity contribution in [3.8, 4) is 5.69 Å². The molecule has 4 aromatic carbocycles. The van der Waals surface area contributed by atoms with Gasteiger partial charge in [-0.1, -0.05) is 84.9 Å². The summed E-state index contributed by atoms with van der Waals surface area (Å²) >= 11 is 0. The molecule has 1 unspecified atom stereocenters. The average molecular weight is 717 g/mol. The van der Waals surface area contributed by atoms with E-state index in [0.717, 1.165) is 27.9 Å². The third-order valence-electron chi connectivity index (χ3n) is 10.9. The zero-order valence-corrected chi connectivity index (χ0v) is 30.3. The number of hydrogen-bond acceptors (Lipinski definition) is 6. The van der Waals surface area contributed by atoms with Crippen molar-refractivity contribution in [2.24, 2.45) is 5.92 Å². The number of halogens is 1. The molecule has 266 valence electrons. The highest BCUT2D eigenvalue weighted by Gasteiger charge is 2.66. The number of anilines is 1. The molecule has 0 aliphatic carbocycles. The summed E-state index contributed by atoms with van der Waals surface area (Å²) in [6.07, 6.45) is 1.74. The van der Waals surface area contributed by atoms with Crippen LogP contribution in [-0.4, -0.2) is 56.9 Å². The van der Waals surface area contributed by atoms with Gasteiger partial charge in [0.2, 0.25) is 8.41 Å². The van der Waals surface area contributed by atoms with Crippen molar-refractivity contribution in [3.05, 3.63) is 142 Å². The number of aromatic nitrogens is 5. The van der Waals surface area contributed by atoms with E-state index in [4.69, 9.17) is 4.74 Å². The molecule has 2 aliphatic rings. The van der Waals surface area contributed by atoms with E-state index >= 15 is 4.11 Å². The number of carbonyl (C=O) groups is 1. The number of benzene rings is 4. The Bertz CT molecular complexity index is 2300. The van der Waals surface area contributed by atoms with Gasteiger partial charge in [0.15, 0.2) is 5.60 Å². The lowest BCUT2D eigenvalue weighted by Crippen LogP contribution is -2.45. The molecule has 2 aromatic heterocycles. The minimum Gasteiger partial charge on any atom is -0.395 e. The van der Waals surface area contributed by atoms with Crippen LogP contribution < -0.4 is 10.5 Å². The predicted octanol–water partition coefficient (Wildman–Crippen LogP) is 6.45. The molecule has 1 amide bonds. The summed E-state index contributed by atoms with van der Waals surface area (Å²) in [6, 6.07) is 32.3. The van der Waals surface area contributed by atoms with Crippen molar-refractivity contribution < 1.29 is 18.7 Å². The Kier molecular flexibility index (Phi) is 8.55. The molecule has 1 fully saturated rings. The molecule has 12 heteroatoms. The summed E-state index contributed by atoms with van der Waals surface area (Å²) in [5.74, 6) is -0.918. The van der Waals surface area contributed by atoms with Gasteiger partial charge in [0.25, 0.3) is 11.5 Å². The van der Waals surface area contributed by atoms with Gasteiger partial charge in [-0.25, -0.2) is 4.68 Å². The Hall–Kier alpha value is -5.17. The van der Waals surface area contributed by atoms with Crippen LogP contribution in [0.5, 0.6) is 0 Å². The third-order valence-corrected chi connectivity index (χ3v) is 13.4. The van der Waals surface area contributed by atoms with Gasteiger partial charge in [-0.3, -0.25) is 19.4 Å². The van der Waals surface area contributed by atoms with Crippen LogP contribution in [0.2, 0.25) is 18.6 Å². The number of H-pyrrole nitrogens is 1. The van der Waals surface area contributed by atoms with Crippen molar-refractivity contribution in [2.45, 2.75) is 62.7 Å². The van der Waals surface area contributed by atoms with Crippen molar-refractivity contribution in [3.63, 3.8) is 0 Å². The number of aliphatic hydroxyl groups is 1. The molecule has 0 saturated carbocycles. The van der Waals surface area contributed by atoms with Crippen LogP contribution >= 0.6 is 0 Å². The maximum atomic E-state index is 16.4. The standard InChI is InChI=1S/C40H41FN6O4Si/c1-26-37(52(2,3)41)36(21-22-45-24-34(42-44-45)31(25-48)28-11-5-4-6-12-28)51-40(26)32-14-8-10-16-35(32)46(39(40)50)23-27-17-19-29(20-18-27)47-38(49)30-13-7-9-15-33(30)43-47/h4-20,24,26,31,36-37,43,48H,21-23,25H2,1-3H3/t26-,31?,36+,37-,40+/m1/s1. The second-order valence-electron chi connectivity index (χ2n) is 14.5. The van der Waals surface area contributed by atoms with Crippen molar-refractivity contribution >= 4 is 30.9 Å². The fourth-order valence-corrected chi connectivity index (χ4v) is 11.0. The minimum atomic E-state index is -3.35. The Balaban J connectivity index is 1.05. The fourth-order valence-electron chi connectivity index (χ4n) is 8.50. The quantitative estimate of drug-likeness (QED) is 0.124. The number of ether oxygens (including phenoxy) is 1. The lowest BCUT2D eigenvalue weighted by molar-refractivity contribution is -0.146. The number of hydrogen-bond donors (Lipinski definition) is 2. The second-order valence-corrected chi connectivity index (χ2v) is 18.3. The molecule has 5 atom stereocenters. The Morgan fingerprint density at radius 3 is 2.40 bits per heavy atom. The van der Waals surface area contributed by atoms with E-state index < -0.39 is 31.6 Å². The van der Waals surface area contributed by atoms with Crippen molar-refractivity contribution in [2.75, 3.05) is 11.5 Å². The number of nitrogens with one attached hydrogen (secondary N) is 1. The molecule has 0 radical (unpaired) electrons.